The van der Waals surface area contributed by atoms with Crippen molar-refractivity contribution in [1.29, 1.82) is 0 Å². The number of rotatable bonds is 2. The quantitative estimate of drug-likeness (QED) is 0.831. The first-order valence-electron chi connectivity index (χ1n) is 8.34. The molecule has 0 unspecified atom stereocenters. The second-order valence-electron chi connectivity index (χ2n) is 7.41. The summed E-state index contributed by atoms with van der Waals surface area (Å²) in [6.07, 6.45) is 1.06. The van der Waals surface area contributed by atoms with Gasteiger partial charge in [-0.3, -0.25) is 0 Å². The molecule has 2 aliphatic rings. The predicted molar refractivity (Wildman–Crippen MR) is 94.9 cm³/mol. The van der Waals surface area contributed by atoms with Gasteiger partial charge >= 0.3 is 0 Å². The Kier molecular flexibility index (Phi) is 4.93. The summed E-state index contributed by atoms with van der Waals surface area (Å²) in [5.74, 6) is 0.427. The minimum atomic E-state index is -1.40. The summed E-state index contributed by atoms with van der Waals surface area (Å²) in [7, 11) is 0. The van der Waals surface area contributed by atoms with Crippen LogP contribution in [0.2, 0.25) is 0 Å². The number of benzene rings is 1. The molecule has 1 saturated heterocycles. The van der Waals surface area contributed by atoms with Crippen molar-refractivity contribution in [3.05, 3.63) is 29.8 Å². The lowest BCUT2D eigenvalue weighted by Crippen LogP contribution is -2.51. The van der Waals surface area contributed by atoms with Crippen molar-refractivity contribution in [2.24, 2.45) is 10.3 Å². The fourth-order valence-electron chi connectivity index (χ4n) is 3.07. The predicted octanol–water partition coefficient (Wildman–Crippen LogP) is 2.49. The lowest BCUT2D eigenvalue weighted by Gasteiger charge is -2.41. The van der Waals surface area contributed by atoms with Gasteiger partial charge in [0.1, 0.15) is 27.6 Å². The van der Waals surface area contributed by atoms with Crippen molar-refractivity contribution >= 4 is 17.1 Å². The van der Waals surface area contributed by atoms with Crippen LogP contribution >= 0.6 is 0 Å². The molecule has 6 heteroatoms. The third-order valence-electron chi connectivity index (χ3n) is 4.61. The number of aliphatic hydroxyl groups is 1. The van der Waals surface area contributed by atoms with E-state index in [0.29, 0.717) is 38.4 Å². The van der Waals surface area contributed by atoms with E-state index >= 15 is 0 Å². The number of fused-ring (bicyclic) bond motifs is 1. The van der Waals surface area contributed by atoms with Gasteiger partial charge in [0.05, 0.1) is 18.1 Å². The van der Waals surface area contributed by atoms with Crippen LogP contribution in [0.1, 0.15) is 39.2 Å². The molecule has 1 N–H and O–H groups in total. The van der Waals surface area contributed by atoms with E-state index in [1.54, 1.807) is 0 Å². The van der Waals surface area contributed by atoms with E-state index in [1.165, 1.54) is 0 Å². The highest BCUT2D eigenvalue weighted by molar-refractivity contribution is 7.91. The Morgan fingerprint density at radius 3 is 2.58 bits per heavy atom. The molecule has 0 amide bonds. The van der Waals surface area contributed by atoms with Gasteiger partial charge in [0.2, 0.25) is 0 Å². The van der Waals surface area contributed by atoms with E-state index in [4.69, 9.17) is 9.47 Å². The number of ether oxygens (including phenoxy) is 2. The molecule has 1 aromatic carbocycles. The number of nitrogens with zero attached hydrogens (tertiary/aromatic N) is 1. The minimum absolute atomic E-state index is 0.303. The molecule has 0 aromatic heterocycles. The van der Waals surface area contributed by atoms with Gasteiger partial charge in [-0.25, -0.2) is 0 Å². The average molecular weight is 351 g/mol. The maximum Gasteiger partial charge on any atom is 0.144 e. The highest BCUT2D eigenvalue weighted by Gasteiger charge is 2.46. The zero-order valence-corrected chi connectivity index (χ0v) is 15.3. The molecule has 5 nitrogen and oxygen atoms in total. The topological polar surface area (TPSA) is 74.1 Å². The minimum Gasteiger partial charge on any atom is -0.591 e. The van der Waals surface area contributed by atoms with Crippen LogP contribution in [-0.4, -0.2) is 45.5 Å². The van der Waals surface area contributed by atoms with E-state index in [9.17, 15) is 9.66 Å². The average Bonchev–Trinajstić information content (AvgIpc) is 2.54. The van der Waals surface area contributed by atoms with Crippen molar-refractivity contribution in [2.75, 3.05) is 19.8 Å². The molecule has 0 spiro atoms. The lowest BCUT2D eigenvalue weighted by atomic mass is 9.76. The van der Waals surface area contributed by atoms with Crippen LogP contribution in [0.3, 0.4) is 0 Å². The van der Waals surface area contributed by atoms with E-state index in [-0.39, 0.29) is 5.92 Å². The zero-order chi connectivity index (χ0) is 17.4. The Labute approximate surface area is 146 Å². The molecule has 0 radical (unpaired) electrons. The molecule has 2 aliphatic heterocycles. The second kappa shape index (κ2) is 6.67. The number of para-hydroxylation sites is 1. The summed E-state index contributed by atoms with van der Waals surface area (Å²) in [5.41, 5.74) is 0.577. The second-order valence-corrected chi connectivity index (χ2v) is 9.32. The normalized spacial score (nSPS) is 26.5. The van der Waals surface area contributed by atoms with E-state index in [0.717, 1.165) is 11.3 Å². The maximum atomic E-state index is 12.7. The van der Waals surface area contributed by atoms with Crippen molar-refractivity contribution in [1.82, 2.24) is 0 Å². The molecular formula is C18H25NO4S. The SMILES string of the molecule is CC(C)(C)[S@@+]([O-])/N=C1/c2ccccc2OC[C@@H]1C1(O)CCOCC1. The van der Waals surface area contributed by atoms with Crippen molar-refractivity contribution < 1.29 is 19.1 Å². The van der Waals surface area contributed by atoms with Crippen molar-refractivity contribution in [3.63, 3.8) is 0 Å². The summed E-state index contributed by atoms with van der Waals surface area (Å²) in [6, 6.07) is 7.62. The van der Waals surface area contributed by atoms with Crippen LogP contribution in [0.4, 0.5) is 0 Å². The van der Waals surface area contributed by atoms with E-state index < -0.39 is 21.7 Å². The molecule has 1 aromatic rings. The molecule has 2 atom stereocenters. The third kappa shape index (κ3) is 3.47. The first-order valence-corrected chi connectivity index (χ1v) is 9.45. The fraction of sp³-hybridized carbons (Fsp3) is 0.611. The monoisotopic (exact) mass is 351 g/mol. The summed E-state index contributed by atoms with van der Waals surface area (Å²) >= 11 is -1.40. The highest BCUT2D eigenvalue weighted by atomic mass is 32.2. The van der Waals surface area contributed by atoms with E-state index in [1.807, 2.05) is 45.0 Å². The van der Waals surface area contributed by atoms with Gasteiger partial charge in [0, 0.05) is 31.6 Å². The largest absolute Gasteiger partial charge is 0.591 e. The fourth-order valence-corrected chi connectivity index (χ4v) is 3.74. The van der Waals surface area contributed by atoms with Gasteiger partial charge < -0.3 is 19.1 Å². The molecule has 1 fully saturated rings. The van der Waals surface area contributed by atoms with Crippen molar-refractivity contribution in [2.45, 2.75) is 44.0 Å². The lowest BCUT2D eigenvalue weighted by molar-refractivity contribution is -0.0912. The maximum absolute atomic E-state index is 12.7. The Morgan fingerprint density at radius 1 is 1.25 bits per heavy atom. The summed E-state index contributed by atoms with van der Waals surface area (Å²) in [5, 5.41) is 11.2. The van der Waals surface area contributed by atoms with Crippen LogP contribution < -0.4 is 4.74 Å². The summed E-state index contributed by atoms with van der Waals surface area (Å²) < 4.78 is 28.0. The Morgan fingerprint density at radius 2 is 1.92 bits per heavy atom. The molecule has 132 valence electrons. The van der Waals surface area contributed by atoms with Gasteiger partial charge in [-0.05, 0) is 32.9 Å². The van der Waals surface area contributed by atoms with Gasteiger partial charge in [-0.1, -0.05) is 16.5 Å². The van der Waals surface area contributed by atoms with Gasteiger partial charge in [-0.2, -0.15) is 0 Å². The smallest absolute Gasteiger partial charge is 0.144 e. The third-order valence-corrected chi connectivity index (χ3v) is 6.02. The molecule has 0 bridgehead atoms. The first-order chi connectivity index (χ1) is 11.3. The number of hydrogen-bond donors (Lipinski definition) is 1. The summed E-state index contributed by atoms with van der Waals surface area (Å²) in [4.78, 5) is 0. The van der Waals surface area contributed by atoms with Crippen LogP contribution in [-0.2, 0) is 16.1 Å². The standard InChI is InChI=1S/C18H25NO4S/c1-17(2,3)24(21)19-16-13-6-4-5-7-15(13)23-12-14(16)18(20)8-10-22-11-9-18/h4-7,14,20H,8-12H2,1-3H3/b19-16-/t14-,24+/m0/s1. The molecule has 0 saturated carbocycles. The molecule has 0 aliphatic carbocycles. The van der Waals surface area contributed by atoms with Crippen LogP contribution in [0.5, 0.6) is 5.75 Å². The van der Waals surface area contributed by atoms with Gasteiger partial charge in [0.25, 0.3) is 0 Å². The molecule has 2 heterocycles. The van der Waals surface area contributed by atoms with Crippen molar-refractivity contribution in [3.8, 4) is 5.75 Å². The Hall–Kier alpha value is -1.08. The summed E-state index contributed by atoms with van der Waals surface area (Å²) in [6.45, 7) is 7.08. The van der Waals surface area contributed by atoms with Crippen LogP contribution in [0.15, 0.2) is 28.7 Å². The van der Waals surface area contributed by atoms with Gasteiger partial charge in [-0.15, -0.1) is 0 Å². The zero-order valence-electron chi connectivity index (χ0n) is 14.4. The number of hydrogen-bond acceptors (Lipinski definition) is 5. The molecule has 3 rings (SSSR count). The van der Waals surface area contributed by atoms with Crippen LogP contribution in [0.25, 0.3) is 0 Å². The van der Waals surface area contributed by atoms with Crippen LogP contribution in [0, 0.1) is 5.92 Å². The van der Waals surface area contributed by atoms with E-state index in [2.05, 4.69) is 4.40 Å². The Bertz CT molecular complexity index is 620. The Balaban J connectivity index is 2.04. The molecule has 24 heavy (non-hydrogen) atoms. The highest BCUT2D eigenvalue weighted by Crippen LogP contribution is 2.38. The first kappa shape index (κ1) is 17.7. The molecular weight excluding hydrogens is 326 g/mol. The van der Waals surface area contributed by atoms with Gasteiger partial charge in [0.15, 0.2) is 0 Å².